The van der Waals surface area contributed by atoms with Crippen LogP contribution in [-0.2, 0) is 0 Å². The molecule has 4 aromatic rings. The van der Waals surface area contributed by atoms with Gasteiger partial charge in [0.15, 0.2) is 11.5 Å². The van der Waals surface area contributed by atoms with E-state index in [1.165, 1.54) is 43.8 Å². The Kier molecular flexibility index (Phi) is 8.59. The molecule has 194 valence electrons. The minimum Gasteiger partial charge on any atom is -0.489 e. The second-order valence-electron chi connectivity index (χ2n) is 10.8. The van der Waals surface area contributed by atoms with Crippen molar-refractivity contribution in [3.05, 3.63) is 82.4 Å². The van der Waals surface area contributed by atoms with Crippen LogP contribution in [0.15, 0.2) is 54.6 Å². The van der Waals surface area contributed by atoms with E-state index in [4.69, 9.17) is 9.47 Å². The molecule has 0 spiro atoms. The normalized spacial score (nSPS) is 13.4. The molecule has 2 heteroatoms. The highest BCUT2D eigenvalue weighted by Crippen LogP contribution is 2.36. The van der Waals surface area contributed by atoms with Gasteiger partial charge < -0.3 is 9.47 Å². The molecule has 0 aliphatic carbocycles. The molecule has 0 radical (unpaired) electrons. The molecular weight excluding hydrogens is 452 g/mol. The van der Waals surface area contributed by atoms with Crippen LogP contribution in [-0.4, -0.2) is 13.2 Å². The number of hydrogen-bond acceptors (Lipinski definition) is 2. The van der Waals surface area contributed by atoms with Gasteiger partial charge in [-0.3, -0.25) is 0 Å². The zero-order valence-corrected chi connectivity index (χ0v) is 23.7. The quantitative estimate of drug-likeness (QED) is 0.161. The molecule has 4 rings (SSSR count). The first-order valence-electron chi connectivity index (χ1n) is 13.8. The van der Waals surface area contributed by atoms with Crippen LogP contribution in [0, 0.1) is 32.6 Å². The van der Waals surface area contributed by atoms with Gasteiger partial charge in [0.2, 0.25) is 0 Å². The van der Waals surface area contributed by atoms with Crippen molar-refractivity contribution in [2.45, 2.75) is 61.3 Å². The molecule has 2 nitrogen and oxygen atoms in total. The Labute approximate surface area is 223 Å². The highest BCUT2D eigenvalue weighted by Gasteiger charge is 2.12. The Hall–Kier alpha value is -3.26. The van der Waals surface area contributed by atoms with Crippen molar-refractivity contribution in [1.29, 1.82) is 0 Å². The molecule has 0 aliphatic heterocycles. The van der Waals surface area contributed by atoms with E-state index in [0.717, 1.165) is 29.9 Å². The largest absolute Gasteiger partial charge is 0.489 e. The first-order chi connectivity index (χ1) is 17.8. The molecule has 0 heterocycles. The third kappa shape index (κ3) is 6.18. The van der Waals surface area contributed by atoms with Crippen LogP contribution in [0.2, 0.25) is 0 Å². The van der Waals surface area contributed by atoms with Gasteiger partial charge in [-0.1, -0.05) is 106 Å². The van der Waals surface area contributed by atoms with Crippen molar-refractivity contribution in [1.82, 2.24) is 0 Å². The van der Waals surface area contributed by atoms with E-state index < -0.39 is 0 Å². The van der Waals surface area contributed by atoms with Gasteiger partial charge in [-0.2, -0.15) is 0 Å². The SMILES string of the molecule is CCC(C)COc1ccc(C=Cc2c(C)c3cc(C)ccc3c3ccc(C)cc23)cc1OCC(C)CC. The van der Waals surface area contributed by atoms with E-state index in [9.17, 15) is 0 Å². The molecule has 0 bridgehead atoms. The van der Waals surface area contributed by atoms with Gasteiger partial charge in [-0.15, -0.1) is 0 Å². The predicted molar refractivity (Wildman–Crippen MR) is 161 cm³/mol. The topological polar surface area (TPSA) is 18.5 Å². The molecule has 0 amide bonds. The number of benzene rings is 4. The fourth-order valence-electron chi connectivity index (χ4n) is 4.62. The minimum atomic E-state index is 0.500. The lowest BCUT2D eigenvalue weighted by molar-refractivity contribution is 0.217. The number of aryl methyl sites for hydroxylation is 3. The van der Waals surface area contributed by atoms with Crippen LogP contribution < -0.4 is 9.47 Å². The Morgan fingerprint density at radius 2 is 1.19 bits per heavy atom. The van der Waals surface area contributed by atoms with E-state index >= 15 is 0 Å². The monoisotopic (exact) mass is 494 g/mol. The number of rotatable bonds is 10. The summed E-state index contributed by atoms with van der Waals surface area (Å²) in [5.41, 5.74) is 6.26. The predicted octanol–water partition coefficient (Wildman–Crippen LogP) is 9.94. The van der Waals surface area contributed by atoms with Crippen LogP contribution in [0.4, 0.5) is 0 Å². The number of hydrogen-bond donors (Lipinski definition) is 0. The van der Waals surface area contributed by atoms with Gasteiger partial charge >= 0.3 is 0 Å². The maximum absolute atomic E-state index is 6.27. The third-order valence-electron chi connectivity index (χ3n) is 7.59. The van der Waals surface area contributed by atoms with Crippen LogP contribution in [0.25, 0.3) is 33.7 Å². The molecule has 4 aromatic carbocycles. The van der Waals surface area contributed by atoms with Gasteiger partial charge in [-0.25, -0.2) is 0 Å². The summed E-state index contributed by atoms with van der Waals surface area (Å²) in [6, 6.07) is 19.9. The average Bonchev–Trinajstić information content (AvgIpc) is 2.90. The standard InChI is InChI=1S/C35H42O2/c1-8-23(3)21-36-34-17-13-28(20-35(34)37-22-24(4)9-2)12-16-29-27(7)32-18-25(5)10-14-30(32)31-15-11-26(6)19-33(29)31/h10-20,23-24H,8-9,21-22H2,1-7H3. The third-order valence-corrected chi connectivity index (χ3v) is 7.59. The van der Waals surface area contributed by atoms with E-state index in [1.54, 1.807) is 0 Å². The molecule has 0 N–H and O–H groups in total. The lowest BCUT2D eigenvalue weighted by atomic mass is 9.90. The summed E-state index contributed by atoms with van der Waals surface area (Å²) in [6.07, 6.45) is 6.67. The fourth-order valence-corrected chi connectivity index (χ4v) is 4.62. The Morgan fingerprint density at radius 3 is 1.81 bits per heavy atom. The van der Waals surface area contributed by atoms with Crippen LogP contribution in [0.1, 0.15) is 68.4 Å². The van der Waals surface area contributed by atoms with Crippen molar-refractivity contribution in [3.8, 4) is 11.5 Å². The zero-order chi connectivity index (χ0) is 26.5. The van der Waals surface area contributed by atoms with Crippen molar-refractivity contribution in [3.63, 3.8) is 0 Å². The van der Waals surface area contributed by atoms with E-state index in [0.29, 0.717) is 25.0 Å². The zero-order valence-electron chi connectivity index (χ0n) is 23.7. The van der Waals surface area contributed by atoms with Gasteiger partial charge in [0.25, 0.3) is 0 Å². The van der Waals surface area contributed by atoms with Crippen LogP contribution in [0.5, 0.6) is 11.5 Å². The van der Waals surface area contributed by atoms with E-state index in [-0.39, 0.29) is 0 Å². The molecule has 2 atom stereocenters. The van der Waals surface area contributed by atoms with Gasteiger partial charge in [0.1, 0.15) is 0 Å². The van der Waals surface area contributed by atoms with E-state index in [1.807, 2.05) is 0 Å². The summed E-state index contributed by atoms with van der Waals surface area (Å²) >= 11 is 0. The lowest BCUT2D eigenvalue weighted by Gasteiger charge is -2.17. The average molecular weight is 495 g/mol. The highest BCUT2D eigenvalue weighted by atomic mass is 16.5. The first-order valence-corrected chi connectivity index (χ1v) is 13.8. The highest BCUT2D eigenvalue weighted by molar-refractivity contribution is 6.13. The molecule has 0 saturated heterocycles. The second kappa shape index (κ2) is 11.9. The van der Waals surface area contributed by atoms with Crippen LogP contribution >= 0.6 is 0 Å². The smallest absolute Gasteiger partial charge is 0.161 e. The van der Waals surface area contributed by atoms with Gasteiger partial charge in [0, 0.05) is 0 Å². The minimum absolute atomic E-state index is 0.500. The molecule has 2 unspecified atom stereocenters. The summed E-state index contributed by atoms with van der Waals surface area (Å²) in [7, 11) is 0. The Morgan fingerprint density at radius 1 is 0.622 bits per heavy atom. The Balaban J connectivity index is 1.75. The van der Waals surface area contributed by atoms with Crippen LogP contribution in [0.3, 0.4) is 0 Å². The van der Waals surface area contributed by atoms with Crippen molar-refractivity contribution in [2.75, 3.05) is 13.2 Å². The summed E-state index contributed by atoms with van der Waals surface area (Å²) in [4.78, 5) is 0. The molecule has 0 fully saturated rings. The summed E-state index contributed by atoms with van der Waals surface area (Å²) < 4.78 is 12.4. The first kappa shape index (κ1) is 26.8. The molecule has 0 saturated carbocycles. The maximum Gasteiger partial charge on any atom is 0.161 e. The molecule has 0 aliphatic rings. The lowest BCUT2D eigenvalue weighted by Crippen LogP contribution is -2.11. The second-order valence-corrected chi connectivity index (χ2v) is 10.8. The van der Waals surface area contributed by atoms with Gasteiger partial charge in [-0.05, 0) is 83.0 Å². The molecule has 37 heavy (non-hydrogen) atoms. The molecular formula is C35H42O2. The molecule has 0 aromatic heterocycles. The fraction of sp³-hybridized carbons (Fsp3) is 0.371. The maximum atomic E-state index is 6.27. The van der Waals surface area contributed by atoms with Crippen molar-refractivity contribution >= 4 is 33.7 Å². The summed E-state index contributed by atoms with van der Waals surface area (Å²) in [5.74, 6) is 2.68. The number of fused-ring (bicyclic) bond motifs is 3. The number of ether oxygens (including phenoxy) is 2. The summed E-state index contributed by atoms with van der Waals surface area (Å²) in [6.45, 7) is 16.8. The van der Waals surface area contributed by atoms with E-state index in [2.05, 4.69) is 115 Å². The van der Waals surface area contributed by atoms with Gasteiger partial charge in [0.05, 0.1) is 13.2 Å². The van der Waals surface area contributed by atoms with Crippen molar-refractivity contribution < 1.29 is 9.47 Å². The van der Waals surface area contributed by atoms with Crippen molar-refractivity contribution in [2.24, 2.45) is 11.8 Å². The summed E-state index contributed by atoms with van der Waals surface area (Å²) in [5, 5.41) is 5.24. The Bertz CT molecular complexity index is 1410.